The van der Waals surface area contributed by atoms with Crippen LogP contribution in [-0.4, -0.2) is 28.0 Å². The first-order valence-corrected chi connectivity index (χ1v) is 7.44. The monoisotopic (exact) mass is 336 g/mol. The van der Waals surface area contributed by atoms with E-state index in [0.29, 0.717) is 6.54 Å². The summed E-state index contributed by atoms with van der Waals surface area (Å²) in [5, 5.41) is 0. The van der Waals surface area contributed by atoms with Gasteiger partial charge in [0.1, 0.15) is 5.82 Å². The third-order valence-electron chi connectivity index (χ3n) is 3.63. The molecule has 0 aliphatic carbocycles. The number of halogens is 1. The Morgan fingerprint density at radius 2 is 2.20 bits per heavy atom. The Balaban J connectivity index is 2.18. The van der Waals surface area contributed by atoms with E-state index >= 15 is 0 Å². The summed E-state index contributed by atoms with van der Waals surface area (Å²) in [5.74, 6) is 1.04. The lowest BCUT2D eigenvalue weighted by Gasteiger charge is -2.27. The average molecular weight is 337 g/mol. The number of imidazole rings is 1. The first kappa shape index (κ1) is 15.2. The molecule has 2 aromatic rings. The molecule has 0 aliphatic heterocycles. The summed E-state index contributed by atoms with van der Waals surface area (Å²) in [6.45, 7) is 3.46. The van der Waals surface area contributed by atoms with Crippen LogP contribution >= 0.6 is 15.9 Å². The van der Waals surface area contributed by atoms with E-state index in [-0.39, 0.29) is 6.04 Å². The van der Waals surface area contributed by atoms with Gasteiger partial charge in [0.05, 0.1) is 6.54 Å². The molecule has 20 heavy (non-hydrogen) atoms. The maximum absolute atomic E-state index is 5.98. The van der Waals surface area contributed by atoms with Crippen LogP contribution in [0.5, 0.6) is 0 Å². The molecule has 108 valence electrons. The van der Waals surface area contributed by atoms with Crippen LogP contribution in [-0.2, 0) is 13.6 Å². The van der Waals surface area contributed by atoms with Crippen LogP contribution in [0, 0.1) is 6.92 Å². The first-order valence-electron chi connectivity index (χ1n) is 6.65. The van der Waals surface area contributed by atoms with Gasteiger partial charge in [-0.2, -0.15) is 0 Å². The number of nitrogens with zero attached hydrogens (tertiary/aromatic N) is 3. The highest BCUT2D eigenvalue weighted by atomic mass is 79.9. The van der Waals surface area contributed by atoms with Crippen molar-refractivity contribution in [3.05, 3.63) is 52.0 Å². The zero-order chi connectivity index (χ0) is 14.7. The molecule has 0 amide bonds. The van der Waals surface area contributed by atoms with E-state index in [2.05, 4.69) is 58.0 Å². The predicted octanol–water partition coefficient (Wildman–Crippen LogP) is 2.62. The van der Waals surface area contributed by atoms with Gasteiger partial charge in [0.2, 0.25) is 0 Å². The molecular weight excluding hydrogens is 316 g/mol. The number of likely N-dealkylation sites (N-methyl/N-ethyl adjacent to an activating group) is 1. The molecular formula is C15H21BrN4. The zero-order valence-corrected chi connectivity index (χ0v) is 13.8. The fraction of sp³-hybridized carbons (Fsp3) is 0.400. The van der Waals surface area contributed by atoms with Crippen molar-refractivity contribution in [3.63, 3.8) is 0 Å². The highest BCUT2D eigenvalue weighted by Crippen LogP contribution is 2.24. The van der Waals surface area contributed by atoms with Crippen molar-refractivity contribution in [2.24, 2.45) is 12.8 Å². The van der Waals surface area contributed by atoms with Crippen LogP contribution in [0.1, 0.15) is 23.0 Å². The second-order valence-electron chi connectivity index (χ2n) is 5.13. The summed E-state index contributed by atoms with van der Waals surface area (Å²) in [6.07, 6.45) is 3.79. The molecule has 4 nitrogen and oxygen atoms in total. The molecule has 2 N–H and O–H groups in total. The van der Waals surface area contributed by atoms with Crippen molar-refractivity contribution in [1.29, 1.82) is 0 Å². The van der Waals surface area contributed by atoms with Crippen molar-refractivity contribution in [3.8, 4) is 0 Å². The lowest BCUT2D eigenvalue weighted by atomic mass is 10.0. The summed E-state index contributed by atoms with van der Waals surface area (Å²) in [4.78, 5) is 6.61. The Kier molecular flexibility index (Phi) is 4.96. The van der Waals surface area contributed by atoms with Gasteiger partial charge < -0.3 is 10.3 Å². The van der Waals surface area contributed by atoms with Gasteiger partial charge in [-0.3, -0.25) is 4.90 Å². The van der Waals surface area contributed by atoms with Crippen LogP contribution in [0.15, 0.2) is 35.1 Å². The molecule has 1 unspecified atom stereocenters. The summed E-state index contributed by atoms with van der Waals surface area (Å²) >= 11 is 3.54. The standard InChI is InChI=1S/C15H21BrN4/c1-11-8-12(4-5-13(11)16)14(9-17)20(3)10-15-18-6-7-19(15)2/h4-8,14H,9-10,17H2,1-3H3. The van der Waals surface area contributed by atoms with Crippen molar-refractivity contribution >= 4 is 15.9 Å². The van der Waals surface area contributed by atoms with E-state index in [9.17, 15) is 0 Å². The molecule has 0 spiro atoms. The molecule has 1 aromatic heterocycles. The minimum Gasteiger partial charge on any atom is -0.337 e. The largest absolute Gasteiger partial charge is 0.337 e. The van der Waals surface area contributed by atoms with Crippen LogP contribution in [0.3, 0.4) is 0 Å². The Morgan fingerprint density at radius 3 is 2.75 bits per heavy atom. The Morgan fingerprint density at radius 1 is 1.45 bits per heavy atom. The van der Waals surface area contributed by atoms with E-state index in [0.717, 1.165) is 16.8 Å². The van der Waals surface area contributed by atoms with Gasteiger partial charge in [-0.1, -0.05) is 28.1 Å². The molecule has 1 heterocycles. The van der Waals surface area contributed by atoms with Crippen LogP contribution in [0.2, 0.25) is 0 Å². The second-order valence-corrected chi connectivity index (χ2v) is 5.98. The lowest BCUT2D eigenvalue weighted by molar-refractivity contribution is 0.233. The molecule has 1 atom stereocenters. The third-order valence-corrected chi connectivity index (χ3v) is 4.52. The van der Waals surface area contributed by atoms with Gasteiger partial charge in [0.25, 0.3) is 0 Å². The second kappa shape index (κ2) is 6.52. The summed E-state index contributed by atoms with van der Waals surface area (Å²) in [5.41, 5.74) is 8.45. The topological polar surface area (TPSA) is 47.1 Å². The van der Waals surface area contributed by atoms with Crippen molar-refractivity contribution < 1.29 is 0 Å². The lowest BCUT2D eigenvalue weighted by Crippen LogP contribution is -2.31. The van der Waals surface area contributed by atoms with Gasteiger partial charge in [-0.05, 0) is 31.2 Å². The normalized spacial score (nSPS) is 12.9. The summed E-state index contributed by atoms with van der Waals surface area (Å²) < 4.78 is 3.17. The highest BCUT2D eigenvalue weighted by Gasteiger charge is 2.17. The van der Waals surface area contributed by atoms with Gasteiger partial charge >= 0.3 is 0 Å². The molecule has 2 rings (SSSR count). The summed E-state index contributed by atoms with van der Waals surface area (Å²) in [6, 6.07) is 6.60. The minimum atomic E-state index is 0.193. The minimum absolute atomic E-state index is 0.193. The number of benzene rings is 1. The molecule has 0 bridgehead atoms. The molecule has 0 radical (unpaired) electrons. The number of aromatic nitrogens is 2. The molecule has 0 saturated carbocycles. The van der Waals surface area contributed by atoms with Crippen molar-refractivity contribution in [1.82, 2.24) is 14.5 Å². The number of hydrogen-bond acceptors (Lipinski definition) is 3. The SMILES string of the molecule is Cc1cc(C(CN)N(C)Cc2nccn2C)ccc1Br. The quantitative estimate of drug-likeness (QED) is 0.912. The van der Waals surface area contributed by atoms with Gasteiger partial charge in [0.15, 0.2) is 0 Å². The maximum atomic E-state index is 5.98. The van der Waals surface area contributed by atoms with Crippen LogP contribution < -0.4 is 5.73 Å². The van der Waals surface area contributed by atoms with E-state index < -0.39 is 0 Å². The van der Waals surface area contributed by atoms with E-state index in [1.807, 2.05) is 24.0 Å². The van der Waals surface area contributed by atoms with Gasteiger partial charge in [-0.25, -0.2) is 4.98 Å². The molecule has 5 heteroatoms. The predicted molar refractivity (Wildman–Crippen MR) is 85.3 cm³/mol. The van der Waals surface area contributed by atoms with Crippen LogP contribution in [0.4, 0.5) is 0 Å². The number of rotatable bonds is 5. The third kappa shape index (κ3) is 3.29. The number of nitrogens with two attached hydrogens (primary N) is 1. The average Bonchev–Trinajstić information content (AvgIpc) is 2.80. The fourth-order valence-electron chi connectivity index (χ4n) is 2.33. The molecule has 0 fully saturated rings. The van der Waals surface area contributed by atoms with Crippen LogP contribution in [0.25, 0.3) is 0 Å². The Labute approximate surface area is 128 Å². The molecule has 0 aliphatic rings. The van der Waals surface area contributed by atoms with E-state index in [1.165, 1.54) is 11.1 Å². The maximum Gasteiger partial charge on any atom is 0.122 e. The molecule has 0 saturated heterocycles. The zero-order valence-electron chi connectivity index (χ0n) is 12.2. The van der Waals surface area contributed by atoms with E-state index in [4.69, 9.17) is 5.73 Å². The van der Waals surface area contributed by atoms with E-state index in [1.54, 1.807) is 0 Å². The fourth-order valence-corrected chi connectivity index (χ4v) is 2.57. The van der Waals surface area contributed by atoms with Gasteiger partial charge in [0, 0.05) is 36.5 Å². The highest BCUT2D eigenvalue weighted by molar-refractivity contribution is 9.10. The van der Waals surface area contributed by atoms with Crippen molar-refractivity contribution in [2.75, 3.05) is 13.6 Å². The Bertz CT molecular complexity index is 579. The number of aryl methyl sites for hydroxylation is 2. The number of hydrogen-bond donors (Lipinski definition) is 1. The van der Waals surface area contributed by atoms with Crippen molar-refractivity contribution in [2.45, 2.75) is 19.5 Å². The Hall–Kier alpha value is -1.17. The first-order chi connectivity index (χ1) is 9.52. The van der Waals surface area contributed by atoms with Gasteiger partial charge in [-0.15, -0.1) is 0 Å². The molecule has 1 aromatic carbocycles. The summed E-state index contributed by atoms with van der Waals surface area (Å²) in [7, 11) is 4.10. The smallest absolute Gasteiger partial charge is 0.122 e.